The third kappa shape index (κ3) is 2.26. The summed E-state index contributed by atoms with van der Waals surface area (Å²) >= 11 is 0. The molecule has 84 valence electrons. The smallest absolute Gasteiger partial charge is 0.277 e. The number of pyridine rings is 1. The molecule has 0 aliphatic carbocycles. The number of H-pyrrole nitrogens is 1. The van der Waals surface area contributed by atoms with Crippen LogP contribution in [0.3, 0.4) is 0 Å². The first-order valence-electron chi connectivity index (χ1n) is 3.49. The van der Waals surface area contributed by atoms with Gasteiger partial charge in [-0.3, -0.25) is 4.79 Å². The van der Waals surface area contributed by atoms with E-state index in [-0.39, 0.29) is 0 Å². The highest BCUT2D eigenvalue weighted by molar-refractivity contribution is 8.13. The van der Waals surface area contributed by atoms with E-state index < -0.39 is 37.2 Å². The number of nitrogens with two attached hydrogens (primary N) is 1. The fourth-order valence-corrected chi connectivity index (χ4v) is 1.97. The molecule has 1 aromatic heterocycles. The monoisotopic (exact) mass is 258 g/mol. The van der Waals surface area contributed by atoms with Crippen LogP contribution in [0, 0.1) is 0 Å². The molecule has 1 aromatic rings. The van der Waals surface area contributed by atoms with E-state index in [1.807, 2.05) is 4.98 Å². The highest BCUT2D eigenvalue weighted by Crippen LogP contribution is 2.24. The van der Waals surface area contributed by atoms with Gasteiger partial charge in [-0.25, -0.2) is 17.2 Å². The summed E-state index contributed by atoms with van der Waals surface area (Å²) in [6, 6.07) is 0. The molecular formula is C6H5ClF2N2O3S. The van der Waals surface area contributed by atoms with E-state index in [0.717, 1.165) is 6.20 Å². The van der Waals surface area contributed by atoms with Gasteiger partial charge in [-0.2, -0.15) is 0 Å². The second-order valence-corrected chi connectivity index (χ2v) is 5.06. The topological polar surface area (TPSA) is 93.0 Å². The number of hydrogen-bond acceptors (Lipinski definition) is 4. The minimum absolute atomic E-state index is 0.505. The summed E-state index contributed by atoms with van der Waals surface area (Å²) in [6.07, 6.45) is -2.48. The summed E-state index contributed by atoms with van der Waals surface area (Å²) in [5.74, 6) is 0. The molecule has 0 fully saturated rings. The van der Waals surface area contributed by atoms with Gasteiger partial charge < -0.3 is 10.7 Å². The zero-order valence-electron chi connectivity index (χ0n) is 7.00. The van der Waals surface area contributed by atoms with Crippen LogP contribution in [0.5, 0.6) is 0 Å². The van der Waals surface area contributed by atoms with Crippen LogP contribution in [0.1, 0.15) is 12.0 Å². The lowest BCUT2D eigenvalue weighted by Crippen LogP contribution is -2.19. The average molecular weight is 259 g/mol. The molecular weight excluding hydrogens is 254 g/mol. The molecule has 0 saturated carbocycles. The number of aromatic amines is 1. The number of rotatable bonds is 2. The minimum atomic E-state index is -4.44. The van der Waals surface area contributed by atoms with E-state index >= 15 is 0 Å². The van der Waals surface area contributed by atoms with Gasteiger partial charge in [0.2, 0.25) is 5.43 Å². The predicted octanol–water partition coefficient (Wildman–Crippen LogP) is 0.822. The number of halogens is 3. The fraction of sp³-hybridized carbons (Fsp3) is 0.167. The van der Waals surface area contributed by atoms with Crippen molar-refractivity contribution < 1.29 is 17.2 Å². The summed E-state index contributed by atoms with van der Waals surface area (Å²) in [5.41, 5.74) is 2.06. The van der Waals surface area contributed by atoms with Crippen molar-refractivity contribution in [3.63, 3.8) is 0 Å². The highest BCUT2D eigenvalue weighted by atomic mass is 35.7. The zero-order chi connectivity index (χ0) is 11.8. The van der Waals surface area contributed by atoms with Crippen LogP contribution in [-0.4, -0.2) is 13.4 Å². The van der Waals surface area contributed by atoms with E-state index in [9.17, 15) is 22.0 Å². The van der Waals surface area contributed by atoms with Crippen molar-refractivity contribution in [1.82, 2.24) is 4.98 Å². The van der Waals surface area contributed by atoms with E-state index in [1.54, 1.807) is 0 Å². The van der Waals surface area contributed by atoms with Crippen molar-refractivity contribution in [2.45, 2.75) is 11.5 Å². The van der Waals surface area contributed by atoms with Gasteiger partial charge in [-0.15, -0.1) is 0 Å². The molecule has 0 aliphatic rings. The van der Waals surface area contributed by atoms with Gasteiger partial charge in [0.15, 0.2) is 5.03 Å². The molecule has 1 heterocycles. The van der Waals surface area contributed by atoms with Crippen LogP contribution in [0.2, 0.25) is 0 Å². The second kappa shape index (κ2) is 3.78. The summed E-state index contributed by atoms with van der Waals surface area (Å²) in [7, 11) is 0.423. The lowest BCUT2D eigenvalue weighted by atomic mass is 10.2. The van der Waals surface area contributed by atoms with Crippen LogP contribution in [0.15, 0.2) is 16.0 Å². The SMILES string of the molecule is Nc1c[nH]c(S(=O)(=O)Cl)c(C(F)F)c1=O. The number of anilines is 1. The minimum Gasteiger partial charge on any atom is -0.394 e. The number of aromatic nitrogens is 1. The Morgan fingerprint density at radius 2 is 2.00 bits per heavy atom. The first-order valence-corrected chi connectivity index (χ1v) is 5.80. The van der Waals surface area contributed by atoms with Gasteiger partial charge in [0.05, 0.1) is 5.69 Å². The third-order valence-electron chi connectivity index (χ3n) is 1.57. The summed E-state index contributed by atoms with van der Waals surface area (Å²) in [6.45, 7) is 0. The summed E-state index contributed by atoms with van der Waals surface area (Å²) in [4.78, 5) is 13.1. The molecule has 0 bridgehead atoms. The van der Waals surface area contributed by atoms with E-state index in [2.05, 4.69) is 0 Å². The van der Waals surface area contributed by atoms with Crippen LogP contribution in [-0.2, 0) is 9.05 Å². The van der Waals surface area contributed by atoms with E-state index in [4.69, 9.17) is 16.4 Å². The van der Waals surface area contributed by atoms with Gasteiger partial charge in [0.25, 0.3) is 15.5 Å². The number of alkyl halides is 2. The molecule has 9 heteroatoms. The van der Waals surface area contributed by atoms with Gasteiger partial charge in [-0.05, 0) is 0 Å². The molecule has 0 amide bonds. The molecule has 15 heavy (non-hydrogen) atoms. The maximum absolute atomic E-state index is 12.4. The van der Waals surface area contributed by atoms with Gasteiger partial charge >= 0.3 is 0 Å². The van der Waals surface area contributed by atoms with Crippen molar-refractivity contribution in [3.8, 4) is 0 Å². The average Bonchev–Trinajstić information content (AvgIpc) is 2.06. The Bertz CT molecular complexity index is 540. The number of hydrogen-bond donors (Lipinski definition) is 2. The van der Waals surface area contributed by atoms with Crippen molar-refractivity contribution in [2.75, 3.05) is 5.73 Å². The maximum Gasteiger partial charge on any atom is 0.277 e. The molecule has 1 rings (SSSR count). The molecule has 0 aliphatic heterocycles. The van der Waals surface area contributed by atoms with Crippen LogP contribution in [0.4, 0.5) is 14.5 Å². The molecule has 3 N–H and O–H groups in total. The Labute approximate surface area is 87.3 Å². The first kappa shape index (κ1) is 11.9. The van der Waals surface area contributed by atoms with Crippen molar-refractivity contribution in [3.05, 3.63) is 22.0 Å². The van der Waals surface area contributed by atoms with Gasteiger partial charge in [-0.1, -0.05) is 0 Å². The zero-order valence-corrected chi connectivity index (χ0v) is 8.57. The third-order valence-corrected chi connectivity index (χ3v) is 2.86. The standard InChI is InChI=1S/C6H5ClF2N2O3S/c7-15(13,14)6-3(5(8)9)4(12)2(10)1-11-6/h1,5H,10H2,(H,11,12). The Morgan fingerprint density at radius 1 is 1.47 bits per heavy atom. The Hall–Kier alpha value is -1.15. The lowest BCUT2D eigenvalue weighted by molar-refractivity contribution is 0.146. The molecule has 5 nitrogen and oxygen atoms in total. The van der Waals surface area contributed by atoms with Crippen LogP contribution >= 0.6 is 10.7 Å². The normalized spacial score (nSPS) is 12.0. The molecule has 0 spiro atoms. The number of nitrogen functional groups attached to an aromatic ring is 1. The summed E-state index contributed by atoms with van der Waals surface area (Å²) in [5, 5.41) is -1.03. The van der Waals surface area contributed by atoms with Crippen LogP contribution < -0.4 is 11.2 Å². The molecule has 0 radical (unpaired) electrons. The largest absolute Gasteiger partial charge is 0.394 e. The molecule has 0 aromatic carbocycles. The van der Waals surface area contributed by atoms with E-state index in [1.165, 1.54) is 0 Å². The first-order chi connectivity index (χ1) is 6.75. The molecule has 0 saturated heterocycles. The highest BCUT2D eigenvalue weighted by Gasteiger charge is 2.26. The quantitative estimate of drug-likeness (QED) is 0.768. The van der Waals surface area contributed by atoms with E-state index in [0.29, 0.717) is 0 Å². The summed E-state index contributed by atoms with van der Waals surface area (Å²) < 4.78 is 46.5. The molecule has 0 unspecified atom stereocenters. The van der Waals surface area contributed by atoms with Crippen molar-refractivity contribution >= 4 is 25.4 Å². The Morgan fingerprint density at radius 3 is 2.40 bits per heavy atom. The van der Waals surface area contributed by atoms with Crippen molar-refractivity contribution in [1.29, 1.82) is 0 Å². The lowest BCUT2D eigenvalue weighted by Gasteiger charge is -2.05. The van der Waals surface area contributed by atoms with Gasteiger partial charge in [0.1, 0.15) is 5.56 Å². The van der Waals surface area contributed by atoms with Crippen LogP contribution in [0.25, 0.3) is 0 Å². The van der Waals surface area contributed by atoms with Gasteiger partial charge in [0, 0.05) is 16.9 Å². The Kier molecular flexibility index (Phi) is 3.00. The number of nitrogens with one attached hydrogen (secondary N) is 1. The van der Waals surface area contributed by atoms with Crippen molar-refractivity contribution in [2.24, 2.45) is 0 Å². The fourth-order valence-electron chi connectivity index (χ4n) is 0.945. The second-order valence-electron chi connectivity index (χ2n) is 2.55. The molecule has 0 atom stereocenters. The maximum atomic E-state index is 12.4. The predicted molar refractivity (Wildman–Crippen MR) is 49.5 cm³/mol. The Balaban J connectivity index is 3.70.